The first-order valence-corrected chi connectivity index (χ1v) is 6.21. The van der Waals surface area contributed by atoms with E-state index < -0.39 is 0 Å². The molecule has 0 bridgehead atoms. The normalized spacial score (nSPS) is 28.8. The Morgan fingerprint density at radius 2 is 2.19 bits per heavy atom. The monoisotopic (exact) mass is 228 g/mol. The van der Waals surface area contributed by atoms with Crippen molar-refractivity contribution in [3.63, 3.8) is 0 Å². The van der Waals surface area contributed by atoms with E-state index in [-0.39, 0.29) is 30.4 Å². The number of nitrogens with two attached hydrogens (primary N) is 1. The van der Waals surface area contributed by atoms with Crippen LogP contribution in [0.3, 0.4) is 0 Å². The molecule has 4 N–H and O–H groups in total. The molecule has 0 saturated heterocycles. The zero-order valence-electron chi connectivity index (χ0n) is 10.3. The second-order valence-corrected chi connectivity index (χ2v) is 4.99. The Balaban J connectivity index is 2.45. The van der Waals surface area contributed by atoms with Crippen LogP contribution in [0.15, 0.2) is 0 Å². The van der Waals surface area contributed by atoms with Crippen molar-refractivity contribution in [3.05, 3.63) is 0 Å². The summed E-state index contributed by atoms with van der Waals surface area (Å²) in [6.07, 6.45) is 3.12. The summed E-state index contributed by atoms with van der Waals surface area (Å²) in [5.41, 5.74) is 5.66. The van der Waals surface area contributed by atoms with Crippen molar-refractivity contribution in [1.82, 2.24) is 5.32 Å². The van der Waals surface area contributed by atoms with Crippen molar-refractivity contribution >= 4 is 5.91 Å². The summed E-state index contributed by atoms with van der Waals surface area (Å²) in [5.74, 6) is 0.636. The fourth-order valence-corrected chi connectivity index (χ4v) is 2.30. The van der Waals surface area contributed by atoms with E-state index in [1.54, 1.807) is 0 Å². The number of aliphatic hydroxyl groups excluding tert-OH is 1. The van der Waals surface area contributed by atoms with Gasteiger partial charge in [-0.25, -0.2) is 0 Å². The van der Waals surface area contributed by atoms with Crippen LogP contribution in [0, 0.1) is 17.8 Å². The highest BCUT2D eigenvalue weighted by atomic mass is 16.3. The molecule has 0 spiro atoms. The minimum atomic E-state index is 0.0246. The van der Waals surface area contributed by atoms with E-state index in [0.29, 0.717) is 12.5 Å². The summed E-state index contributed by atoms with van der Waals surface area (Å²) >= 11 is 0. The van der Waals surface area contributed by atoms with E-state index in [1.165, 1.54) is 0 Å². The van der Waals surface area contributed by atoms with Gasteiger partial charge in [0.25, 0.3) is 0 Å². The predicted molar refractivity (Wildman–Crippen MR) is 63.7 cm³/mol. The minimum absolute atomic E-state index is 0.0246. The fraction of sp³-hybridized carbons (Fsp3) is 0.917. The first-order valence-electron chi connectivity index (χ1n) is 6.21. The molecule has 1 amide bonds. The van der Waals surface area contributed by atoms with Crippen LogP contribution in [0.25, 0.3) is 0 Å². The van der Waals surface area contributed by atoms with Gasteiger partial charge in [0.1, 0.15) is 0 Å². The summed E-state index contributed by atoms with van der Waals surface area (Å²) in [4.78, 5) is 12.0. The quantitative estimate of drug-likeness (QED) is 0.641. The molecule has 1 aliphatic carbocycles. The van der Waals surface area contributed by atoms with Crippen LogP contribution >= 0.6 is 0 Å². The van der Waals surface area contributed by atoms with E-state index in [9.17, 15) is 4.79 Å². The Hall–Kier alpha value is -0.610. The summed E-state index contributed by atoms with van der Waals surface area (Å²) in [5, 5.41) is 12.0. The minimum Gasteiger partial charge on any atom is -0.396 e. The van der Waals surface area contributed by atoms with Gasteiger partial charge in [-0.3, -0.25) is 4.79 Å². The van der Waals surface area contributed by atoms with Gasteiger partial charge in [-0.15, -0.1) is 0 Å². The smallest absolute Gasteiger partial charge is 0.223 e. The third-order valence-corrected chi connectivity index (χ3v) is 3.81. The molecule has 1 saturated carbocycles. The molecule has 0 heterocycles. The van der Waals surface area contributed by atoms with Crippen LogP contribution in [0.2, 0.25) is 0 Å². The third-order valence-electron chi connectivity index (χ3n) is 3.81. The summed E-state index contributed by atoms with van der Waals surface area (Å²) in [7, 11) is 0. The molecule has 0 aliphatic heterocycles. The molecule has 0 aromatic carbocycles. The topological polar surface area (TPSA) is 75.3 Å². The van der Waals surface area contributed by atoms with Crippen molar-refractivity contribution in [2.45, 2.75) is 39.2 Å². The number of hydrogen-bond donors (Lipinski definition) is 3. The molecule has 0 aromatic heterocycles. The molecule has 0 radical (unpaired) electrons. The molecule has 1 rings (SSSR count). The standard InChI is InChI=1S/C12H24N2O2/c1-8(7-15)9(2)14-12(16)11-5-3-4-10(11)6-13/h8-11,15H,3-7,13H2,1-2H3,(H,14,16). The van der Waals surface area contributed by atoms with Gasteiger partial charge in [-0.2, -0.15) is 0 Å². The largest absolute Gasteiger partial charge is 0.396 e. The number of aliphatic hydroxyl groups is 1. The van der Waals surface area contributed by atoms with E-state index in [0.717, 1.165) is 19.3 Å². The molecule has 4 nitrogen and oxygen atoms in total. The maximum absolute atomic E-state index is 12.0. The second-order valence-electron chi connectivity index (χ2n) is 4.99. The van der Waals surface area contributed by atoms with Crippen LogP contribution in [0.1, 0.15) is 33.1 Å². The van der Waals surface area contributed by atoms with Crippen molar-refractivity contribution in [2.24, 2.45) is 23.5 Å². The van der Waals surface area contributed by atoms with E-state index in [1.807, 2.05) is 13.8 Å². The first-order chi connectivity index (χ1) is 7.60. The van der Waals surface area contributed by atoms with Gasteiger partial charge in [0, 0.05) is 18.6 Å². The van der Waals surface area contributed by atoms with Gasteiger partial charge < -0.3 is 16.2 Å². The van der Waals surface area contributed by atoms with Crippen molar-refractivity contribution in [2.75, 3.05) is 13.2 Å². The van der Waals surface area contributed by atoms with Gasteiger partial charge in [0.2, 0.25) is 5.91 Å². The molecular formula is C12H24N2O2. The number of carbonyl (C=O) groups is 1. The molecule has 1 aliphatic rings. The Morgan fingerprint density at radius 3 is 2.75 bits per heavy atom. The van der Waals surface area contributed by atoms with Gasteiger partial charge in [-0.1, -0.05) is 13.3 Å². The number of nitrogens with one attached hydrogen (secondary N) is 1. The molecule has 16 heavy (non-hydrogen) atoms. The zero-order valence-corrected chi connectivity index (χ0v) is 10.3. The molecule has 4 atom stereocenters. The third kappa shape index (κ3) is 3.19. The fourth-order valence-electron chi connectivity index (χ4n) is 2.30. The number of rotatable bonds is 5. The summed E-state index contributed by atoms with van der Waals surface area (Å²) < 4.78 is 0. The van der Waals surface area contributed by atoms with E-state index in [4.69, 9.17) is 10.8 Å². The predicted octanol–water partition coefficient (Wildman–Crippen LogP) is 0.495. The average molecular weight is 228 g/mol. The number of hydrogen-bond acceptors (Lipinski definition) is 3. The molecular weight excluding hydrogens is 204 g/mol. The van der Waals surface area contributed by atoms with Crippen molar-refractivity contribution in [3.8, 4) is 0 Å². The lowest BCUT2D eigenvalue weighted by Crippen LogP contribution is -2.43. The van der Waals surface area contributed by atoms with Crippen molar-refractivity contribution in [1.29, 1.82) is 0 Å². The number of carbonyl (C=O) groups excluding carboxylic acids is 1. The Labute approximate surface area is 97.6 Å². The van der Waals surface area contributed by atoms with Crippen LogP contribution in [0.4, 0.5) is 0 Å². The summed E-state index contributed by atoms with van der Waals surface area (Å²) in [6, 6.07) is 0.0246. The van der Waals surface area contributed by atoms with Crippen LogP contribution in [-0.2, 0) is 4.79 Å². The molecule has 4 heteroatoms. The Kier molecular flexibility index (Phi) is 5.22. The van der Waals surface area contributed by atoms with Crippen LogP contribution in [-0.4, -0.2) is 30.2 Å². The van der Waals surface area contributed by atoms with Gasteiger partial charge in [0.15, 0.2) is 0 Å². The van der Waals surface area contributed by atoms with E-state index in [2.05, 4.69) is 5.32 Å². The van der Waals surface area contributed by atoms with Crippen LogP contribution in [0.5, 0.6) is 0 Å². The highest BCUT2D eigenvalue weighted by molar-refractivity contribution is 5.79. The van der Waals surface area contributed by atoms with Crippen LogP contribution < -0.4 is 11.1 Å². The lowest BCUT2D eigenvalue weighted by Gasteiger charge is -2.23. The highest BCUT2D eigenvalue weighted by Crippen LogP contribution is 2.31. The summed E-state index contributed by atoms with van der Waals surface area (Å²) in [6.45, 7) is 4.57. The van der Waals surface area contributed by atoms with Gasteiger partial charge in [-0.05, 0) is 38.1 Å². The molecule has 0 aromatic rings. The lowest BCUT2D eigenvalue weighted by molar-refractivity contribution is -0.127. The zero-order chi connectivity index (χ0) is 12.1. The van der Waals surface area contributed by atoms with E-state index >= 15 is 0 Å². The molecule has 4 unspecified atom stereocenters. The number of amides is 1. The SMILES string of the molecule is CC(CO)C(C)NC(=O)C1CCCC1CN. The van der Waals surface area contributed by atoms with Gasteiger partial charge >= 0.3 is 0 Å². The molecule has 94 valence electrons. The lowest BCUT2D eigenvalue weighted by atomic mass is 9.94. The first kappa shape index (κ1) is 13.5. The molecule has 1 fully saturated rings. The second kappa shape index (κ2) is 6.21. The highest BCUT2D eigenvalue weighted by Gasteiger charge is 2.32. The maximum Gasteiger partial charge on any atom is 0.223 e. The van der Waals surface area contributed by atoms with Gasteiger partial charge in [0.05, 0.1) is 0 Å². The Morgan fingerprint density at radius 1 is 1.50 bits per heavy atom. The van der Waals surface area contributed by atoms with Crippen molar-refractivity contribution < 1.29 is 9.90 Å². The maximum atomic E-state index is 12.0. The average Bonchev–Trinajstić information content (AvgIpc) is 2.75. The Bertz CT molecular complexity index is 233.